The number of hydrogen-bond acceptors (Lipinski definition) is 4. The van der Waals surface area contributed by atoms with Crippen LogP contribution in [0.1, 0.15) is 0 Å². The normalized spacial score (nSPS) is 14.0. The predicted octanol–water partition coefficient (Wildman–Crippen LogP) is -3.35. The van der Waals surface area contributed by atoms with Crippen LogP contribution in [0.15, 0.2) is 0 Å². The van der Waals surface area contributed by atoms with E-state index in [1.54, 1.807) is 0 Å². The van der Waals surface area contributed by atoms with E-state index in [2.05, 4.69) is 0 Å². The van der Waals surface area contributed by atoms with E-state index in [0.29, 0.717) is 0 Å². The second kappa shape index (κ2) is 1.67. The van der Waals surface area contributed by atoms with Crippen LogP contribution >= 0.6 is 0 Å². The monoisotopic (exact) mass is 110 g/mol. The predicted molar refractivity (Wildman–Crippen MR) is 20.2 cm³/mol. The summed E-state index contributed by atoms with van der Waals surface area (Å²) in [5.41, 5.74) is -2.76. The molecule has 0 aromatic heterocycles. The molecule has 0 aliphatic carbocycles. The van der Waals surface area contributed by atoms with Gasteiger partial charge in [-0.25, -0.2) is 0 Å². The van der Waals surface area contributed by atoms with Gasteiger partial charge in [0.15, 0.2) is 0 Å². The van der Waals surface area contributed by atoms with Gasteiger partial charge in [-0.05, 0) is 0 Å². The smallest absolute Gasteiger partial charge is 0.271 e. The molecule has 4 N–H and O–H groups in total. The third-order valence-electron chi connectivity index (χ3n) is 0.212. The van der Waals surface area contributed by atoms with Gasteiger partial charge in [0.25, 0.3) is 15.4 Å². The van der Waals surface area contributed by atoms with Gasteiger partial charge in [0.2, 0.25) is 0 Å². The molecule has 0 heterocycles. The summed E-state index contributed by atoms with van der Waals surface area (Å²) in [6.07, 6.45) is 0. The van der Waals surface area contributed by atoms with Gasteiger partial charge in [-0.1, -0.05) is 0 Å². The Morgan fingerprint density at radius 2 is 1.33 bits per heavy atom. The number of rotatable bonds is 1. The lowest BCUT2D eigenvalue weighted by Gasteiger charge is -2.06. The molecule has 0 aliphatic rings. The van der Waals surface area contributed by atoms with Crippen molar-refractivity contribution in [1.82, 2.24) is 0 Å². The summed E-state index contributed by atoms with van der Waals surface area (Å²) in [7, 11) is -2.08. The maximum absolute atomic E-state index is 7.79. The molecular weight excluding hydrogens is 104 g/mol. The van der Waals surface area contributed by atoms with E-state index in [0.717, 1.165) is 0 Å². The van der Waals surface area contributed by atoms with E-state index >= 15 is 0 Å². The van der Waals surface area contributed by atoms with Gasteiger partial charge in [0.1, 0.15) is 0 Å². The lowest BCUT2D eigenvalue weighted by Crippen LogP contribution is -2.34. The Bertz CT molecular complexity index is 37.3. The van der Waals surface area contributed by atoms with Crippen molar-refractivity contribution >= 4 is 9.76 Å². The van der Waals surface area contributed by atoms with Crippen molar-refractivity contribution in [1.29, 1.82) is 0 Å². The van der Waals surface area contributed by atoms with Crippen molar-refractivity contribution in [2.24, 2.45) is 0 Å². The van der Waals surface area contributed by atoms with Gasteiger partial charge >= 0.3 is 0 Å². The highest BCUT2D eigenvalue weighted by molar-refractivity contribution is 6.27. The maximum atomic E-state index is 7.79. The van der Waals surface area contributed by atoms with Crippen LogP contribution in [0.25, 0.3) is 0 Å². The molecule has 0 unspecified atom stereocenters. The van der Waals surface area contributed by atoms with Crippen LogP contribution in [0, 0.1) is 0 Å². The summed E-state index contributed by atoms with van der Waals surface area (Å²) in [5.74, 6) is 0. The first-order chi connectivity index (χ1) is 2.56. The standard InChI is InChI=1S/CH6O4Si/c2-1(3,4)6-5/h2-5H,6H2. The van der Waals surface area contributed by atoms with Gasteiger partial charge in [-0.2, -0.15) is 0 Å². The van der Waals surface area contributed by atoms with Crippen LogP contribution in [0.4, 0.5) is 0 Å². The minimum atomic E-state index is -2.76. The Morgan fingerprint density at radius 1 is 1.17 bits per heavy atom. The topological polar surface area (TPSA) is 80.9 Å². The lowest BCUT2D eigenvalue weighted by atomic mass is 11.3. The Hall–Kier alpha value is 0.0569. The summed E-state index contributed by atoms with van der Waals surface area (Å²) < 4.78 is 0. The zero-order valence-electron chi connectivity index (χ0n) is 3.00. The van der Waals surface area contributed by atoms with Crippen LogP contribution < -0.4 is 0 Å². The quantitative estimate of drug-likeness (QED) is 0.210. The molecule has 0 aromatic carbocycles. The lowest BCUT2D eigenvalue weighted by molar-refractivity contribution is -0.251. The average Bonchev–Trinajstić information content (AvgIpc) is 1.35. The molecule has 38 valence electrons. The molecule has 4 nitrogen and oxygen atoms in total. The molecule has 0 bridgehead atoms. The van der Waals surface area contributed by atoms with Crippen molar-refractivity contribution in [2.45, 2.75) is 5.60 Å². The second-order valence-corrected chi connectivity index (χ2v) is 2.20. The molecule has 0 fully saturated rings. The first kappa shape index (κ1) is 6.06. The molecule has 0 spiro atoms. The fourth-order valence-electron chi connectivity index (χ4n) is 0. The number of hydrogen-bond donors (Lipinski definition) is 4. The third-order valence-corrected chi connectivity index (χ3v) is 0.636. The summed E-state index contributed by atoms with van der Waals surface area (Å²) in [6, 6.07) is 0. The van der Waals surface area contributed by atoms with E-state index in [1.807, 2.05) is 0 Å². The molecule has 0 radical (unpaired) electrons. The summed E-state index contributed by atoms with van der Waals surface area (Å²) in [5, 5.41) is 23.2. The van der Waals surface area contributed by atoms with E-state index in [4.69, 9.17) is 20.1 Å². The largest absolute Gasteiger partial charge is 0.430 e. The van der Waals surface area contributed by atoms with Crippen molar-refractivity contribution in [3.8, 4) is 0 Å². The molecular formula is CH6O4Si. The summed E-state index contributed by atoms with van der Waals surface area (Å²) in [6.45, 7) is 0. The molecule has 0 saturated heterocycles. The van der Waals surface area contributed by atoms with Gasteiger partial charge < -0.3 is 20.1 Å². The maximum Gasteiger partial charge on any atom is 0.271 e. The SMILES string of the molecule is O[SiH2]C(O)(O)O. The van der Waals surface area contributed by atoms with E-state index in [1.165, 1.54) is 0 Å². The third kappa shape index (κ3) is 4.06. The van der Waals surface area contributed by atoms with Gasteiger partial charge in [-0.15, -0.1) is 0 Å². The molecule has 0 saturated carbocycles. The highest BCUT2D eigenvalue weighted by atomic mass is 28.2. The Labute approximate surface area is 36.6 Å². The minimum Gasteiger partial charge on any atom is -0.430 e. The van der Waals surface area contributed by atoms with Crippen LogP contribution in [0.2, 0.25) is 0 Å². The number of aliphatic hydroxyl groups is 3. The van der Waals surface area contributed by atoms with E-state index < -0.39 is 15.4 Å². The van der Waals surface area contributed by atoms with Gasteiger partial charge in [0.05, 0.1) is 0 Å². The fraction of sp³-hybridized carbons (Fsp3) is 1.00. The van der Waals surface area contributed by atoms with E-state index in [9.17, 15) is 0 Å². The molecule has 0 aromatic rings. The highest BCUT2D eigenvalue weighted by Gasteiger charge is 2.15. The van der Waals surface area contributed by atoms with Gasteiger partial charge in [-0.3, -0.25) is 0 Å². The van der Waals surface area contributed by atoms with Crippen LogP contribution in [0.5, 0.6) is 0 Å². The van der Waals surface area contributed by atoms with Crippen LogP contribution in [-0.2, 0) is 0 Å². The van der Waals surface area contributed by atoms with Crippen molar-refractivity contribution in [3.05, 3.63) is 0 Å². The molecule has 0 atom stereocenters. The summed E-state index contributed by atoms with van der Waals surface area (Å²) >= 11 is 0. The Morgan fingerprint density at radius 3 is 1.33 bits per heavy atom. The summed E-state index contributed by atoms with van der Waals surface area (Å²) in [4.78, 5) is 7.79. The first-order valence-electron chi connectivity index (χ1n) is 1.34. The highest BCUT2D eigenvalue weighted by Crippen LogP contribution is 1.81. The molecule has 0 aliphatic heterocycles. The van der Waals surface area contributed by atoms with E-state index in [-0.39, 0.29) is 0 Å². The van der Waals surface area contributed by atoms with Crippen molar-refractivity contribution < 1.29 is 20.1 Å². The van der Waals surface area contributed by atoms with Gasteiger partial charge in [0, 0.05) is 0 Å². The minimum absolute atomic E-state index is 2.08. The molecule has 5 heteroatoms. The fourth-order valence-corrected chi connectivity index (χ4v) is 0. The zero-order valence-corrected chi connectivity index (χ0v) is 4.41. The average molecular weight is 110 g/mol. The Balaban J connectivity index is 3.17. The zero-order chi connectivity index (χ0) is 5.21. The molecule has 0 amide bonds. The second-order valence-electron chi connectivity index (χ2n) is 0.932. The van der Waals surface area contributed by atoms with Crippen molar-refractivity contribution in [3.63, 3.8) is 0 Å². The van der Waals surface area contributed by atoms with Crippen LogP contribution in [0.3, 0.4) is 0 Å². The molecule has 6 heavy (non-hydrogen) atoms. The first-order valence-corrected chi connectivity index (χ1v) is 2.68. The Kier molecular flexibility index (Phi) is 1.69. The van der Waals surface area contributed by atoms with Crippen LogP contribution in [-0.4, -0.2) is 35.5 Å². The van der Waals surface area contributed by atoms with Crippen molar-refractivity contribution in [2.75, 3.05) is 0 Å². The molecule has 0 rings (SSSR count).